The summed E-state index contributed by atoms with van der Waals surface area (Å²) >= 11 is 0. The normalized spacial score (nSPS) is 17.4. The Morgan fingerprint density at radius 2 is 1.84 bits per heavy atom. The first-order valence-corrected chi connectivity index (χ1v) is 11.3. The van der Waals surface area contributed by atoms with Crippen LogP contribution in [-0.2, 0) is 6.54 Å². The van der Waals surface area contributed by atoms with Crippen LogP contribution in [0, 0.1) is 12.8 Å². The molecule has 4 rings (SSSR count). The SMILES string of the molecule is CCN(CC)CC1CCCN(Cc2nc(-c3ccc(-c4ccnc(C)n4)cc3)no2)C1. The standard InChI is InChI=1S/C24H32N6O/c1-4-29(5-2)15-19-7-6-14-30(16-19)17-23-27-24(28-31-23)21-10-8-20(9-11-21)22-12-13-25-18(3)26-22/h8-13,19H,4-7,14-17H2,1-3H3. The number of hydrogen-bond acceptors (Lipinski definition) is 7. The quantitative estimate of drug-likeness (QED) is 0.544. The zero-order valence-electron chi connectivity index (χ0n) is 18.8. The molecule has 0 saturated carbocycles. The van der Waals surface area contributed by atoms with Gasteiger partial charge < -0.3 is 9.42 Å². The summed E-state index contributed by atoms with van der Waals surface area (Å²) < 4.78 is 5.58. The highest BCUT2D eigenvalue weighted by molar-refractivity contribution is 5.64. The minimum atomic E-state index is 0.636. The third kappa shape index (κ3) is 5.54. The monoisotopic (exact) mass is 420 g/mol. The van der Waals surface area contributed by atoms with Crippen molar-refractivity contribution < 1.29 is 4.52 Å². The van der Waals surface area contributed by atoms with Crippen LogP contribution in [0.4, 0.5) is 0 Å². The maximum Gasteiger partial charge on any atom is 0.241 e. The molecule has 0 radical (unpaired) electrons. The van der Waals surface area contributed by atoms with Crippen LogP contribution < -0.4 is 0 Å². The first-order valence-electron chi connectivity index (χ1n) is 11.3. The van der Waals surface area contributed by atoms with E-state index < -0.39 is 0 Å². The number of likely N-dealkylation sites (tertiary alicyclic amines) is 1. The molecule has 0 N–H and O–H groups in total. The maximum absolute atomic E-state index is 5.58. The van der Waals surface area contributed by atoms with E-state index in [1.165, 1.54) is 19.4 Å². The molecule has 7 nitrogen and oxygen atoms in total. The molecule has 1 fully saturated rings. The fourth-order valence-electron chi connectivity index (χ4n) is 4.33. The lowest BCUT2D eigenvalue weighted by Gasteiger charge is -2.34. The highest BCUT2D eigenvalue weighted by Crippen LogP contribution is 2.23. The van der Waals surface area contributed by atoms with E-state index in [9.17, 15) is 0 Å². The van der Waals surface area contributed by atoms with E-state index in [1.807, 2.05) is 37.3 Å². The number of nitrogens with zero attached hydrogens (tertiary/aromatic N) is 6. The van der Waals surface area contributed by atoms with Crippen LogP contribution in [0.1, 0.15) is 38.4 Å². The number of aryl methyl sites for hydroxylation is 1. The molecule has 3 aromatic rings. The molecule has 0 spiro atoms. The van der Waals surface area contributed by atoms with Crippen molar-refractivity contribution in [3.05, 3.63) is 48.2 Å². The third-order valence-electron chi connectivity index (χ3n) is 6.06. The molecule has 2 aromatic heterocycles. The Balaban J connectivity index is 1.38. The number of hydrogen-bond donors (Lipinski definition) is 0. The molecule has 1 aliphatic heterocycles. The van der Waals surface area contributed by atoms with E-state index >= 15 is 0 Å². The molecule has 1 aromatic carbocycles. The summed E-state index contributed by atoms with van der Waals surface area (Å²) in [6.07, 6.45) is 4.32. The predicted octanol–water partition coefficient (Wildman–Crippen LogP) is 4.06. The first-order chi connectivity index (χ1) is 15.1. The van der Waals surface area contributed by atoms with E-state index in [0.29, 0.717) is 17.6 Å². The van der Waals surface area contributed by atoms with E-state index in [1.54, 1.807) is 6.20 Å². The summed E-state index contributed by atoms with van der Waals surface area (Å²) in [6.45, 7) is 12.7. The molecule has 1 atom stereocenters. The summed E-state index contributed by atoms with van der Waals surface area (Å²) in [5.74, 6) is 2.81. The van der Waals surface area contributed by atoms with Gasteiger partial charge in [0.25, 0.3) is 0 Å². The van der Waals surface area contributed by atoms with Gasteiger partial charge in [0.15, 0.2) is 0 Å². The molecule has 0 aliphatic carbocycles. The van der Waals surface area contributed by atoms with Crippen LogP contribution in [0.5, 0.6) is 0 Å². The number of rotatable bonds is 8. The van der Waals surface area contributed by atoms with Gasteiger partial charge in [0, 0.05) is 30.4 Å². The summed E-state index contributed by atoms with van der Waals surface area (Å²) in [7, 11) is 0. The van der Waals surface area contributed by atoms with Gasteiger partial charge in [-0.15, -0.1) is 0 Å². The lowest BCUT2D eigenvalue weighted by atomic mass is 9.97. The van der Waals surface area contributed by atoms with Crippen molar-refractivity contribution in [1.29, 1.82) is 0 Å². The number of piperidine rings is 1. The van der Waals surface area contributed by atoms with Crippen molar-refractivity contribution in [2.24, 2.45) is 5.92 Å². The molecule has 1 unspecified atom stereocenters. The minimum absolute atomic E-state index is 0.636. The smallest absolute Gasteiger partial charge is 0.241 e. The van der Waals surface area contributed by atoms with Gasteiger partial charge in [-0.05, 0) is 51.4 Å². The summed E-state index contributed by atoms with van der Waals surface area (Å²) in [4.78, 5) is 18.3. The molecular weight excluding hydrogens is 388 g/mol. The Labute approximate surface area is 184 Å². The van der Waals surface area contributed by atoms with E-state index in [4.69, 9.17) is 4.52 Å². The lowest BCUT2D eigenvalue weighted by molar-refractivity contribution is 0.121. The largest absolute Gasteiger partial charge is 0.338 e. The van der Waals surface area contributed by atoms with Crippen molar-refractivity contribution in [3.63, 3.8) is 0 Å². The van der Waals surface area contributed by atoms with Gasteiger partial charge in [0.2, 0.25) is 11.7 Å². The van der Waals surface area contributed by atoms with E-state index in [0.717, 1.165) is 55.4 Å². The Morgan fingerprint density at radius 3 is 2.58 bits per heavy atom. The Morgan fingerprint density at radius 1 is 1.06 bits per heavy atom. The highest BCUT2D eigenvalue weighted by atomic mass is 16.5. The van der Waals surface area contributed by atoms with Gasteiger partial charge in [-0.3, -0.25) is 4.90 Å². The lowest BCUT2D eigenvalue weighted by Crippen LogP contribution is -2.40. The molecule has 1 aliphatic rings. The van der Waals surface area contributed by atoms with Gasteiger partial charge in [0.1, 0.15) is 5.82 Å². The van der Waals surface area contributed by atoms with Crippen LogP contribution >= 0.6 is 0 Å². The second kappa shape index (κ2) is 10.1. The van der Waals surface area contributed by atoms with Crippen LogP contribution in [-0.4, -0.2) is 62.6 Å². The van der Waals surface area contributed by atoms with Gasteiger partial charge in [-0.25, -0.2) is 9.97 Å². The average Bonchev–Trinajstić information content (AvgIpc) is 3.26. The minimum Gasteiger partial charge on any atom is -0.338 e. The molecule has 1 saturated heterocycles. The predicted molar refractivity (Wildman–Crippen MR) is 121 cm³/mol. The van der Waals surface area contributed by atoms with Crippen molar-refractivity contribution in [1.82, 2.24) is 29.9 Å². The summed E-state index contributed by atoms with van der Waals surface area (Å²) in [6, 6.07) is 10.0. The summed E-state index contributed by atoms with van der Waals surface area (Å²) in [5, 5.41) is 4.22. The highest BCUT2D eigenvalue weighted by Gasteiger charge is 2.23. The van der Waals surface area contributed by atoms with E-state index in [2.05, 4.69) is 43.8 Å². The number of aromatic nitrogens is 4. The van der Waals surface area contributed by atoms with Crippen LogP contribution in [0.25, 0.3) is 22.6 Å². The maximum atomic E-state index is 5.58. The molecule has 0 amide bonds. The Kier molecular flexibility index (Phi) is 7.04. The second-order valence-corrected chi connectivity index (χ2v) is 8.31. The topological polar surface area (TPSA) is 71.2 Å². The zero-order chi connectivity index (χ0) is 21.6. The first kappa shape index (κ1) is 21.6. The second-order valence-electron chi connectivity index (χ2n) is 8.31. The molecular formula is C24H32N6O. The van der Waals surface area contributed by atoms with Gasteiger partial charge in [0.05, 0.1) is 12.2 Å². The van der Waals surface area contributed by atoms with Crippen LogP contribution in [0.15, 0.2) is 41.1 Å². The fourth-order valence-corrected chi connectivity index (χ4v) is 4.33. The van der Waals surface area contributed by atoms with Gasteiger partial charge in [-0.1, -0.05) is 43.3 Å². The molecule has 7 heteroatoms. The average molecular weight is 421 g/mol. The van der Waals surface area contributed by atoms with Gasteiger partial charge >= 0.3 is 0 Å². The number of benzene rings is 1. The Hall–Kier alpha value is -2.64. The molecule has 0 bridgehead atoms. The molecule has 3 heterocycles. The van der Waals surface area contributed by atoms with Crippen LogP contribution in [0.2, 0.25) is 0 Å². The van der Waals surface area contributed by atoms with Crippen molar-refractivity contribution in [2.75, 3.05) is 32.7 Å². The molecule has 164 valence electrons. The Bertz CT molecular complexity index is 966. The zero-order valence-corrected chi connectivity index (χ0v) is 18.8. The summed E-state index contributed by atoms with van der Waals surface area (Å²) in [5.41, 5.74) is 2.91. The third-order valence-corrected chi connectivity index (χ3v) is 6.06. The van der Waals surface area contributed by atoms with Gasteiger partial charge in [-0.2, -0.15) is 4.98 Å². The van der Waals surface area contributed by atoms with Crippen LogP contribution in [0.3, 0.4) is 0 Å². The fraction of sp³-hybridized carbons (Fsp3) is 0.500. The van der Waals surface area contributed by atoms with Crippen molar-refractivity contribution in [3.8, 4) is 22.6 Å². The van der Waals surface area contributed by atoms with E-state index in [-0.39, 0.29) is 0 Å². The molecule has 31 heavy (non-hydrogen) atoms. The van der Waals surface area contributed by atoms with Crippen molar-refractivity contribution >= 4 is 0 Å². The van der Waals surface area contributed by atoms with Crippen molar-refractivity contribution in [2.45, 2.75) is 40.2 Å².